The van der Waals surface area contributed by atoms with Gasteiger partial charge in [-0.25, -0.2) is 0 Å². The Hall–Kier alpha value is -3.15. The van der Waals surface area contributed by atoms with Crippen molar-refractivity contribution in [3.63, 3.8) is 0 Å². The molecule has 0 saturated carbocycles. The topological polar surface area (TPSA) is 47.2 Å². The molecule has 0 aromatic heterocycles. The van der Waals surface area contributed by atoms with Crippen LogP contribution >= 0.6 is 0 Å². The van der Waals surface area contributed by atoms with Crippen molar-refractivity contribution in [1.82, 2.24) is 0 Å². The summed E-state index contributed by atoms with van der Waals surface area (Å²) >= 11 is 0. The lowest BCUT2D eigenvalue weighted by Crippen LogP contribution is -3.28. The van der Waals surface area contributed by atoms with E-state index in [-0.39, 0.29) is 5.91 Å². The molecule has 0 radical (unpaired) electrons. The van der Waals surface area contributed by atoms with E-state index in [4.69, 9.17) is 4.74 Å². The molecule has 3 aromatic rings. The lowest BCUT2D eigenvalue weighted by molar-refractivity contribution is -1.01. The third kappa shape index (κ3) is 6.41. The van der Waals surface area contributed by atoms with Gasteiger partial charge in [-0.15, -0.1) is 0 Å². The average molecular weight is 418 g/mol. The fraction of sp³-hybridized carbons (Fsp3) is 0.269. The minimum atomic E-state index is 0.0818. The lowest BCUT2D eigenvalue weighted by atomic mass is 10.1. The van der Waals surface area contributed by atoms with Crippen LogP contribution in [-0.2, 0) is 4.79 Å². The zero-order chi connectivity index (χ0) is 21.3. The summed E-state index contributed by atoms with van der Waals surface area (Å²) in [5.41, 5.74) is 3.19. The van der Waals surface area contributed by atoms with Gasteiger partial charge in [0.25, 0.3) is 5.91 Å². The monoisotopic (exact) mass is 417 g/mol. The normalized spacial score (nSPS) is 18.3. The molecule has 31 heavy (non-hydrogen) atoms. The molecule has 0 atom stereocenters. The molecule has 160 valence electrons. The number of benzene rings is 3. The van der Waals surface area contributed by atoms with E-state index in [1.807, 2.05) is 60.7 Å². The molecular formula is C26H31N3O2+2. The summed E-state index contributed by atoms with van der Waals surface area (Å²) in [4.78, 5) is 15.4. The van der Waals surface area contributed by atoms with Gasteiger partial charge in [0, 0.05) is 5.69 Å². The molecule has 5 nitrogen and oxygen atoms in total. The maximum Gasteiger partial charge on any atom is 0.279 e. The third-order valence-electron chi connectivity index (χ3n) is 5.82. The summed E-state index contributed by atoms with van der Waals surface area (Å²) in [7, 11) is 0. The second kappa shape index (κ2) is 10.8. The molecule has 1 saturated heterocycles. The molecule has 3 N–H and O–H groups in total. The maximum absolute atomic E-state index is 12.5. The van der Waals surface area contributed by atoms with E-state index < -0.39 is 0 Å². The Bertz CT molecular complexity index is 937. The molecule has 1 fully saturated rings. The Labute approximate surface area is 184 Å². The Morgan fingerprint density at radius 2 is 1.32 bits per heavy atom. The van der Waals surface area contributed by atoms with Gasteiger partial charge < -0.3 is 19.9 Å². The van der Waals surface area contributed by atoms with Gasteiger partial charge in [-0.2, -0.15) is 0 Å². The molecule has 3 aromatic carbocycles. The fourth-order valence-corrected chi connectivity index (χ4v) is 4.02. The van der Waals surface area contributed by atoms with Gasteiger partial charge in [-0.05, 0) is 35.4 Å². The Morgan fingerprint density at radius 1 is 0.742 bits per heavy atom. The molecule has 1 aliphatic heterocycles. The van der Waals surface area contributed by atoms with Gasteiger partial charge >= 0.3 is 0 Å². The number of piperazine rings is 1. The number of para-hydroxylation sites is 1. The molecule has 0 spiro atoms. The number of quaternary nitrogens is 2. The zero-order valence-corrected chi connectivity index (χ0v) is 17.8. The first kappa shape index (κ1) is 21.1. The number of amides is 1. The fourth-order valence-electron chi connectivity index (χ4n) is 4.02. The number of nitrogens with one attached hydrogen (secondary N) is 3. The van der Waals surface area contributed by atoms with Crippen LogP contribution in [0.25, 0.3) is 11.1 Å². The standard InChI is InChI=1S/C26H29N3O2/c30-26(27-24-13-11-23(12-14-24)22-7-3-1-4-8-22)21-29-17-15-28(16-18-29)19-20-31-25-9-5-2-6-10-25/h1-14H,15-21H2,(H,27,30)/p+2. The Balaban J connectivity index is 1.16. The average Bonchev–Trinajstić information content (AvgIpc) is 2.82. The summed E-state index contributed by atoms with van der Waals surface area (Å²) < 4.78 is 5.81. The second-order valence-electron chi connectivity index (χ2n) is 8.08. The van der Waals surface area contributed by atoms with Crippen LogP contribution in [0.5, 0.6) is 5.75 Å². The summed E-state index contributed by atoms with van der Waals surface area (Å²) in [6.45, 7) is 6.44. The van der Waals surface area contributed by atoms with Crippen LogP contribution in [0.4, 0.5) is 5.69 Å². The Kier molecular flexibility index (Phi) is 7.32. The first-order valence-electron chi connectivity index (χ1n) is 11.1. The summed E-state index contributed by atoms with van der Waals surface area (Å²) in [6, 6.07) is 28.3. The molecule has 0 unspecified atom stereocenters. The largest absolute Gasteiger partial charge is 0.488 e. The Morgan fingerprint density at radius 3 is 2.00 bits per heavy atom. The second-order valence-corrected chi connectivity index (χ2v) is 8.08. The molecule has 1 heterocycles. The van der Waals surface area contributed by atoms with Gasteiger partial charge in [0.2, 0.25) is 0 Å². The highest BCUT2D eigenvalue weighted by Crippen LogP contribution is 2.20. The van der Waals surface area contributed by atoms with Crippen molar-refractivity contribution in [3.8, 4) is 16.9 Å². The quantitative estimate of drug-likeness (QED) is 0.515. The summed E-state index contributed by atoms with van der Waals surface area (Å²) in [6.07, 6.45) is 0. The molecule has 4 rings (SSSR count). The highest BCUT2D eigenvalue weighted by Gasteiger charge is 2.24. The van der Waals surface area contributed by atoms with Crippen LogP contribution in [-0.4, -0.2) is 51.8 Å². The summed E-state index contributed by atoms with van der Waals surface area (Å²) in [5, 5.41) is 3.04. The van der Waals surface area contributed by atoms with Gasteiger partial charge in [-0.3, -0.25) is 4.79 Å². The summed E-state index contributed by atoms with van der Waals surface area (Å²) in [5.74, 6) is 1.01. The number of rotatable bonds is 8. The van der Waals surface area contributed by atoms with Crippen molar-refractivity contribution in [2.45, 2.75) is 0 Å². The number of hydrogen-bond acceptors (Lipinski definition) is 2. The lowest BCUT2D eigenvalue weighted by Gasteiger charge is -2.29. The van der Waals surface area contributed by atoms with Crippen molar-refractivity contribution in [2.24, 2.45) is 0 Å². The van der Waals surface area contributed by atoms with Crippen molar-refractivity contribution in [2.75, 3.05) is 51.2 Å². The van der Waals surface area contributed by atoms with Gasteiger partial charge in [0.15, 0.2) is 6.54 Å². The van der Waals surface area contributed by atoms with Crippen LogP contribution in [0, 0.1) is 0 Å². The number of carbonyl (C=O) groups excluding carboxylic acids is 1. The van der Waals surface area contributed by atoms with Crippen molar-refractivity contribution < 1.29 is 19.3 Å². The predicted octanol–water partition coefficient (Wildman–Crippen LogP) is 1.15. The highest BCUT2D eigenvalue weighted by molar-refractivity contribution is 5.91. The molecule has 0 bridgehead atoms. The van der Waals surface area contributed by atoms with E-state index in [0.29, 0.717) is 6.54 Å². The van der Waals surface area contributed by atoms with Crippen LogP contribution in [0.15, 0.2) is 84.9 Å². The molecule has 0 aliphatic carbocycles. The van der Waals surface area contributed by atoms with Crippen molar-refractivity contribution >= 4 is 11.6 Å². The maximum atomic E-state index is 12.5. The minimum absolute atomic E-state index is 0.0818. The van der Waals surface area contributed by atoms with E-state index in [0.717, 1.165) is 56.3 Å². The number of hydrogen-bond donors (Lipinski definition) is 3. The SMILES string of the molecule is O=C(C[NH+]1CC[NH+](CCOc2ccccc2)CC1)Nc1ccc(-c2ccccc2)cc1. The van der Waals surface area contributed by atoms with Gasteiger partial charge in [-0.1, -0.05) is 60.7 Å². The van der Waals surface area contributed by atoms with Gasteiger partial charge in [0.1, 0.15) is 45.1 Å². The highest BCUT2D eigenvalue weighted by atomic mass is 16.5. The molecular weight excluding hydrogens is 386 g/mol. The number of anilines is 1. The van der Waals surface area contributed by atoms with E-state index in [1.165, 1.54) is 10.5 Å². The number of ether oxygens (including phenoxy) is 1. The first-order valence-corrected chi connectivity index (χ1v) is 11.1. The molecule has 5 heteroatoms. The van der Waals surface area contributed by atoms with Gasteiger partial charge in [0.05, 0.1) is 0 Å². The smallest absolute Gasteiger partial charge is 0.279 e. The van der Waals surface area contributed by atoms with E-state index in [9.17, 15) is 4.79 Å². The number of carbonyl (C=O) groups is 1. The minimum Gasteiger partial charge on any atom is -0.488 e. The molecule has 1 amide bonds. The van der Waals surface area contributed by atoms with Crippen LogP contribution in [0.2, 0.25) is 0 Å². The van der Waals surface area contributed by atoms with Crippen molar-refractivity contribution in [1.29, 1.82) is 0 Å². The third-order valence-corrected chi connectivity index (χ3v) is 5.82. The van der Waals surface area contributed by atoms with Crippen LogP contribution in [0.3, 0.4) is 0 Å². The zero-order valence-electron chi connectivity index (χ0n) is 17.8. The van der Waals surface area contributed by atoms with E-state index >= 15 is 0 Å². The molecule has 1 aliphatic rings. The van der Waals surface area contributed by atoms with Crippen LogP contribution < -0.4 is 19.9 Å². The van der Waals surface area contributed by atoms with Crippen molar-refractivity contribution in [3.05, 3.63) is 84.9 Å². The first-order chi connectivity index (χ1) is 15.3. The van der Waals surface area contributed by atoms with E-state index in [2.05, 4.69) is 29.6 Å². The van der Waals surface area contributed by atoms with E-state index in [1.54, 1.807) is 4.90 Å². The van der Waals surface area contributed by atoms with Crippen LogP contribution in [0.1, 0.15) is 0 Å². The predicted molar refractivity (Wildman–Crippen MR) is 124 cm³/mol.